The third kappa shape index (κ3) is 2.89. The van der Waals surface area contributed by atoms with Crippen LogP contribution in [0.15, 0.2) is 23.5 Å². The van der Waals surface area contributed by atoms with Crippen molar-refractivity contribution in [1.29, 1.82) is 0 Å². The zero-order chi connectivity index (χ0) is 16.9. The molecule has 5 heteroatoms. The number of carbonyl (C=O) groups excluding carboxylic acids is 2. The highest BCUT2D eigenvalue weighted by atomic mass is 16.5. The number of rotatable bonds is 6. The molecular formula is C17H27NO4. The van der Waals surface area contributed by atoms with Gasteiger partial charge in [0.1, 0.15) is 5.41 Å². The van der Waals surface area contributed by atoms with E-state index in [1.54, 1.807) is 0 Å². The standard InChI is InChI=1S/C17H27NO4/c1-7-9-13-14(15(19)21-5)11(3)18-12(4)17(13,10-8-2)16(20)22-6/h13,18H,4,7-10H2,1-3,5-6H3. The SMILES string of the molecule is C=C1NC(C)=C(C(=O)OC)C(CCC)C1(CCC)C(=O)OC. The van der Waals surface area contributed by atoms with E-state index >= 15 is 0 Å². The third-order valence-corrected chi connectivity index (χ3v) is 4.40. The van der Waals surface area contributed by atoms with Gasteiger partial charge in [0.25, 0.3) is 0 Å². The highest BCUT2D eigenvalue weighted by Crippen LogP contribution is 2.49. The number of esters is 2. The molecule has 0 saturated carbocycles. The molecule has 0 aromatic rings. The van der Waals surface area contributed by atoms with Crippen molar-refractivity contribution < 1.29 is 19.1 Å². The van der Waals surface area contributed by atoms with Crippen molar-refractivity contribution in [3.63, 3.8) is 0 Å². The Morgan fingerprint density at radius 2 is 1.86 bits per heavy atom. The van der Waals surface area contributed by atoms with E-state index in [0.29, 0.717) is 29.8 Å². The molecule has 2 unspecified atom stereocenters. The lowest BCUT2D eigenvalue weighted by Gasteiger charge is -2.44. The number of carbonyl (C=O) groups is 2. The number of hydrogen-bond donors (Lipinski definition) is 1. The average molecular weight is 309 g/mol. The fourth-order valence-corrected chi connectivity index (χ4v) is 3.48. The van der Waals surface area contributed by atoms with Crippen molar-refractivity contribution >= 4 is 11.9 Å². The molecule has 0 aromatic heterocycles. The van der Waals surface area contributed by atoms with Crippen LogP contribution in [0, 0.1) is 11.3 Å². The molecule has 1 heterocycles. The Kier molecular flexibility index (Phi) is 6.21. The monoisotopic (exact) mass is 309 g/mol. The van der Waals surface area contributed by atoms with Crippen molar-refractivity contribution in [2.24, 2.45) is 11.3 Å². The molecule has 0 aliphatic carbocycles. The lowest BCUT2D eigenvalue weighted by Crippen LogP contribution is -2.50. The van der Waals surface area contributed by atoms with Gasteiger partial charge in [-0.25, -0.2) is 4.79 Å². The first-order valence-electron chi connectivity index (χ1n) is 7.74. The van der Waals surface area contributed by atoms with Crippen LogP contribution < -0.4 is 5.32 Å². The van der Waals surface area contributed by atoms with Crippen LogP contribution in [-0.4, -0.2) is 26.2 Å². The van der Waals surface area contributed by atoms with Gasteiger partial charge >= 0.3 is 11.9 Å². The number of ether oxygens (including phenoxy) is 2. The first-order valence-corrected chi connectivity index (χ1v) is 7.74. The fourth-order valence-electron chi connectivity index (χ4n) is 3.48. The first kappa shape index (κ1) is 18.3. The number of nitrogens with one attached hydrogen (secondary N) is 1. The summed E-state index contributed by atoms with van der Waals surface area (Å²) in [6, 6.07) is 0. The summed E-state index contributed by atoms with van der Waals surface area (Å²) in [5, 5.41) is 3.11. The first-order chi connectivity index (χ1) is 10.4. The predicted octanol–water partition coefficient (Wildman–Crippen LogP) is 2.93. The Balaban J connectivity index is 3.55. The zero-order valence-electron chi connectivity index (χ0n) is 14.2. The minimum atomic E-state index is -0.928. The summed E-state index contributed by atoms with van der Waals surface area (Å²) in [5.74, 6) is -1.04. The molecule has 1 rings (SSSR count). The van der Waals surface area contributed by atoms with Gasteiger partial charge in [-0.15, -0.1) is 0 Å². The minimum Gasteiger partial charge on any atom is -0.468 e. The molecule has 0 bridgehead atoms. The van der Waals surface area contributed by atoms with E-state index in [1.165, 1.54) is 14.2 Å². The van der Waals surface area contributed by atoms with E-state index < -0.39 is 11.4 Å². The van der Waals surface area contributed by atoms with Crippen molar-refractivity contribution in [3.05, 3.63) is 23.5 Å². The van der Waals surface area contributed by atoms with Gasteiger partial charge in [-0.05, 0) is 19.8 Å². The van der Waals surface area contributed by atoms with Crippen molar-refractivity contribution in [2.45, 2.75) is 46.5 Å². The number of methoxy groups -OCH3 is 2. The second-order valence-electron chi connectivity index (χ2n) is 5.69. The summed E-state index contributed by atoms with van der Waals surface area (Å²) in [6.07, 6.45) is 2.89. The Labute approximate surface area is 132 Å². The summed E-state index contributed by atoms with van der Waals surface area (Å²) in [7, 11) is 2.73. The van der Waals surface area contributed by atoms with Gasteiger partial charge in [-0.3, -0.25) is 4.79 Å². The summed E-state index contributed by atoms with van der Waals surface area (Å²) >= 11 is 0. The quantitative estimate of drug-likeness (QED) is 0.764. The summed E-state index contributed by atoms with van der Waals surface area (Å²) < 4.78 is 10.0. The second-order valence-corrected chi connectivity index (χ2v) is 5.69. The van der Waals surface area contributed by atoms with E-state index in [-0.39, 0.29) is 11.9 Å². The van der Waals surface area contributed by atoms with Crippen LogP contribution in [0.5, 0.6) is 0 Å². The molecule has 1 N–H and O–H groups in total. The van der Waals surface area contributed by atoms with Crippen LogP contribution in [0.2, 0.25) is 0 Å². The normalized spacial score (nSPS) is 24.8. The number of allylic oxidation sites excluding steroid dienone is 1. The summed E-state index contributed by atoms with van der Waals surface area (Å²) in [4.78, 5) is 24.9. The highest BCUT2D eigenvalue weighted by molar-refractivity contribution is 5.93. The van der Waals surface area contributed by atoms with E-state index in [2.05, 4.69) is 11.9 Å². The van der Waals surface area contributed by atoms with Gasteiger partial charge in [0.05, 0.1) is 19.8 Å². The largest absolute Gasteiger partial charge is 0.468 e. The van der Waals surface area contributed by atoms with Crippen LogP contribution in [0.4, 0.5) is 0 Å². The minimum absolute atomic E-state index is 0.286. The van der Waals surface area contributed by atoms with Gasteiger partial charge in [-0.2, -0.15) is 0 Å². The summed E-state index contributed by atoms with van der Waals surface area (Å²) in [6.45, 7) is 9.91. The Bertz CT molecular complexity index is 495. The van der Waals surface area contributed by atoms with E-state index in [4.69, 9.17) is 9.47 Å². The maximum Gasteiger partial charge on any atom is 0.335 e. The lowest BCUT2D eigenvalue weighted by molar-refractivity contribution is -0.155. The molecule has 124 valence electrons. The Morgan fingerprint density at radius 1 is 1.23 bits per heavy atom. The molecule has 1 aliphatic heterocycles. The molecule has 0 fully saturated rings. The van der Waals surface area contributed by atoms with Crippen LogP contribution in [0.1, 0.15) is 46.5 Å². The lowest BCUT2D eigenvalue weighted by atomic mass is 9.63. The molecule has 0 spiro atoms. The molecule has 2 atom stereocenters. The predicted molar refractivity (Wildman–Crippen MR) is 84.7 cm³/mol. The molecular weight excluding hydrogens is 282 g/mol. The van der Waals surface area contributed by atoms with Gasteiger partial charge in [0, 0.05) is 17.3 Å². The average Bonchev–Trinajstić information content (AvgIpc) is 2.50. The van der Waals surface area contributed by atoms with Crippen molar-refractivity contribution in [1.82, 2.24) is 5.32 Å². The van der Waals surface area contributed by atoms with Crippen LogP contribution in [-0.2, 0) is 19.1 Å². The fraction of sp³-hybridized carbons (Fsp3) is 0.647. The molecule has 5 nitrogen and oxygen atoms in total. The van der Waals surface area contributed by atoms with E-state index in [0.717, 1.165) is 12.8 Å². The third-order valence-electron chi connectivity index (χ3n) is 4.40. The Morgan fingerprint density at radius 3 is 2.32 bits per heavy atom. The maximum atomic E-state index is 12.6. The number of hydrogen-bond acceptors (Lipinski definition) is 5. The van der Waals surface area contributed by atoms with Crippen LogP contribution >= 0.6 is 0 Å². The molecule has 0 saturated heterocycles. The van der Waals surface area contributed by atoms with Gasteiger partial charge in [0.2, 0.25) is 0 Å². The maximum absolute atomic E-state index is 12.6. The topological polar surface area (TPSA) is 64.6 Å². The van der Waals surface area contributed by atoms with Gasteiger partial charge in [0.15, 0.2) is 0 Å². The zero-order valence-corrected chi connectivity index (χ0v) is 14.2. The van der Waals surface area contributed by atoms with Crippen molar-refractivity contribution in [2.75, 3.05) is 14.2 Å². The molecule has 0 amide bonds. The van der Waals surface area contributed by atoms with Gasteiger partial charge in [-0.1, -0.05) is 33.3 Å². The van der Waals surface area contributed by atoms with Crippen LogP contribution in [0.3, 0.4) is 0 Å². The molecule has 22 heavy (non-hydrogen) atoms. The van der Waals surface area contributed by atoms with Crippen molar-refractivity contribution in [3.8, 4) is 0 Å². The summed E-state index contributed by atoms with van der Waals surface area (Å²) in [5.41, 5.74) is 0.897. The van der Waals surface area contributed by atoms with Gasteiger partial charge < -0.3 is 14.8 Å². The van der Waals surface area contributed by atoms with E-state index in [9.17, 15) is 9.59 Å². The van der Waals surface area contributed by atoms with E-state index in [1.807, 2.05) is 20.8 Å². The molecule has 1 aliphatic rings. The smallest absolute Gasteiger partial charge is 0.335 e. The Hall–Kier alpha value is -1.78. The second kappa shape index (κ2) is 7.47. The molecule has 0 aromatic carbocycles. The van der Waals surface area contributed by atoms with Crippen LogP contribution in [0.25, 0.3) is 0 Å². The highest BCUT2D eigenvalue weighted by Gasteiger charge is 2.53. The molecule has 0 radical (unpaired) electrons.